The molecule has 0 fully saturated rings. The van der Waals surface area contributed by atoms with E-state index in [2.05, 4.69) is 36.5 Å². The molecule has 0 bridgehead atoms. The summed E-state index contributed by atoms with van der Waals surface area (Å²) in [6.45, 7) is 1.28. The first-order chi connectivity index (χ1) is 24.9. The lowest BCUT2D eigenvalue weighted by Gasteiger charge is -2.37. The molecule has 51 heavy (non-hydrogen) atoms. The number of hydrogen-bond donors (Lipinski definition) is 3. The predicted octanol–water partition coefficient (Wildman–Crippen LogP) is 9.42. The highest BCUT2D eigenvalue weighted by Gasteiger charge is 2.36. The number of phosphoric ester groups is 1. The van der Waals surface area contributed by atoms with E-state index in [4.69, 9.17) is 13.8 Å². The molecule has 2 atom stereocenters. The first kappa shape index (κ1) is 42.1. The highest BCUT2D eigenvalue weighted by molar-refractivity contribution is 7.47. The molecule has 0 spiro atoms. The van der Waals surface area contributed by atoms with Crippen LogP contribution in [0.25, 0.3) is 0 Å². The number of ether oxygens (including phenoxy) is 1. The van der Waals surface area contributed by atoms with Gasteiger partial charge in [-0.05, 0) is 55.2 Å². The van der Waals surface area contributed by atoms with Crippen LogP contribution in [0, 0.1) is 0 Å². The van der Waals surface area contributed by atoms with Crippen molar-refractivity contribution in [2.75, 3.05) is 26.4 Å². The molecule has 278 valence electrons. The van der Waals surface area contributed by atoms with Crippen molar-refractivity contribution in [1.29, 1.82) is 0 Å². The third-order valence-corrected chi connectivity index (χ3v) is 9.61. The highest BCUT2D eigenvalue weighted by atomic mass is 31.2. The number of benzene rings is 3. The van der Waals surface area contributed by atoms with Gasteiger partial charge in [-0.1, -0.05) is 154 Å². The highest BCUT2D eigenvalue weighted by Crippen LogP contribution is 2.43. The maximum atomic E-state index is 12.7. The lowest BCUT2D eigenvalue weighted by Crippen LogP contribution is -2.46. The predicted molar refractivity (Wildman–Crippen MR) is 205 cm³/mol. The Labute approximate surface area is 305 Å². The molecular weight excluding hydrogens is 661 g/mol. The van der Waals surface area contributed by atoms with Crippen molar-refractivity contribution in [2.45, 2.75) is 95.6 Å². The smallest absolute Gasteiger partial charge is 0.457 e. The van der Waals surface area contributed by atoms with Gasteiger partial charge in [-0.15, -0.1) is 0 Å². The number of carbonyl (C=O) groups excluding carboxylic acids is 1. The van der Waals surface area contributed by atoms with Gasteiger partial charge >= 0.3 is 13.8 Å². The number of phosphoric acid groups is 1. The Morgan fingerprint density at radius 1 is 0.745 bits per heavy atom. The minimum absolute atomic E-state index is 0.140. The summed E-state index contributed by atoms with van der Waals surface area (Å²) in [6, 6.07) is 30.0. The number of esters is 1. The van der Waals surface area contributed by atoms with Crippen LogP contribution in [0.5, 0.6) is 0 Å². The van der Waals surface area contributed by atoms with Crippen molar-refractivity contribution in [3.63, 3.8) is 0 Å². The van der Waals surface area contributed by atoms with E-state index in [-0.39, 0.29) is 19.6 Å². The summed E-state index contributed by atoms with van der Waals surface area (Å²) in [5.74, 6) is -0.472. The zero-order valence-corrected chi connectivity index (χ0v) is 31.1. The Bertz CT molecular complexity index is 1350. The second-order valence-corrected chi connectivity index (χ2v) is 14.1. The first-order valence-electron chi connectivity index (χ1n) is 18.5. The average Bonchev–Trinajstić information content (AvgIpc) is 3.16. The minimum Gasteiger partial charge on any atom is -0.457 e. The van der Waals surface area contributed by atoms with Crippen LogP contribution in [0.3, 0.4) is 0 Å². The molecule has 0 saturated heterocycles. The first-order valence-corrected chi connectivity index (χ1v) is 20.0. The van der Waals surface area contributed by atoms with Gasteiger partial charge in [-0.25, -0.2) is 4.57 Å². The Morgan fingerprint density at radius 3 is 1.78 bits per heavy atom. The van der Waals surface area contributed by atoms with Crippen LogP contribution in [0.1, 0.15) is 101 Å². The Kier molecular flexibility index (Phi) is 20.4. The standard InChI is InChI=1S/C42H58NO7P/c1-2-3-4-5-6-7-8-9-10-11-12-13-14-15-25-32-41(45)50-40(35-44)36-49-51(46,47)48-34-33-43-42(37-26-19-16-20-27-37,38-28-21-17-22-29-38)39-30-23-18-24-31-39/h6-7,9-10,16-24,26-31,40,43-44H,2-5,8,11-15,25,32-36H2,1H3,(H,46,47)/t40-/m0/s1. The molecule has 0 aliphatic rings. The van der Waals surface area contributed by atoms with Crippen LogP contribution in [0.15, 0.2) is 115 Å². The molecular formula is C42H58NO7P. The van der Waals surface area contributed by atoms with Gasteiger partial charge in [-0.3, -0.25) is 19.2 Å². The second-order valence-electron chi connectivity index (χ2n) is 12.6. The fourth-order valence-electron chi connectivity index (χ4n) is 5.93. The molecule has 0 heterocycles. The van der Waals surface area contributed by atoms with Crippen LogP contribution in [-0.2, 0) is 28.7 Å². The molecule has 8 nitrogen and oxygen atoms in total. The second kappa shape index (κ2) is 24.8. The van der Waals surface area contributed by atoms with E-state index in [1.807, 2.05) is 91.0 Å². The minimum atomic E-state index is -4.50. The fourth-order valence-corrected chi connectivity index (χ4v) is 6.69. The van der Waals surface area contributed by atoms with Gasteiger partial charge in [0.25, 0.3) is 0 Å². The van der Waals surface area contributed by atoms with E-state index in [1.165, 1.54) is 25.7 Å². The molecule has 0 aromatic heterocycles. The van der Waals surface area contributed by atoms with Gasteiger partial charge < -0.3 is 14.7 Å². The number of unbranched alkanes of at least 4 members (excludes halogenated alkanes) is 8. The summed E-state index contributed by atoms with van der Waals surface area (Å²) in [4.78, 5) is 22.7. The monoisotopic (exact) mass is 719 g/mol. The number of carbonyl (C=O) groups is 1. The molecule has 1 unspecified atom stereocenters. The van der Waals surface area contributed by atoms with E-state index < -0.39 is 38.6 Å². The van der Waals surface area contributed by atoms with Crippen molar-refractivity contribution in [1.82, 2.24) is 5.32 Å². The number of allylic oxidation sites excluding steroid dienone is 4. The van der Waals surface area contributed by atoms with Crippen molar-refractivity contribution in [3.05, 3.63) is 132 Å². The summed E-state index contributed by atoms with van der Waals surface area (Å²) < 4.78 is 28.4. The third kappa shape index (κ3) is 15.8. The number of nitrogens with one attached hydrogen (secondary N) is 1. The van der Waals surface area contributed by atoms with Crippen LogP contribution < -0.4 is 5.32 Å². The van der Waals surface area contributed by atoms with Crippen LogP contribution in [0.2, 0.25) is 0 Å². The van der Waals surface area contributed by atoms with Crippen LogP contribution in [0.4, 0.5) is 0 Å². The molecule has 0 aliphatic heterocycles. The fraction of sp³-hybridized carbons (Fsp3) is 0.452. The summed E-state index contributed by atoms with van der Waals surface area (Å²) in [7, 11) is -4.50. The summed E-state index contributed by atoms with van der Waals surface area (Å²) in [6.07, 6.45) is 20.0. The van der Waals surface area contributed by atoms with E-state index >= 15 is 0 Å². The Balaban J connectivity index is 1.37. The van der Waals surface area contributed by atoms with Gasteiger partial charge in [0.05, 0.1) is 25.4 Å². The molecule has 3 aromatic carbocycles. The van der Waals surface area contributed by atoms with E-state index in [0.29, 0.717) is 6.42 Å². The molecule has 3 aromatic rings. The van der Waals surface area contributed by atoms with Crippen molar-refractivity contribution >= 4 is 13.8 Å². The zero-order chi connectivity index (χ0) is 36.5. The van der Waals surface area contributed by atoms with Crippen molar-refractivity contribution < 1.29 is 33.1 Å². The van der Waals surface area contributed by atoms with Gasteiger partial charge in [0.2, 0.25) is 0 Å². The largest absolute Gasteiger partial charge is 0.472 e. The molecule has 0 radical (unpaired) electrons. The number of aliphatic hydroxyl groups is 1. The number of aliphatic hydroxyl groups excluding tert-OH is 1. The summed E-state index contributed by atoms with van der Waals surface area (Å²) >= 11 is 0. The topological polar surface area (TPSA) is 114 Å². The third-order valence-electron chi connectivity index (χ3n) is 8.62. The van der Waals surface area contributed by atoms with Crippen molar-refractivity contribution in [2.24, 2.45) is 0 Å². The molecule has 3 N–H and O–H groups in total. The van der Waals surface area contributed by atoms with Crippen LogP contribution >= 0.6 is 7.82 Å². The maximum absolute atomic E-state index is 12.7. The molecule has 0 aliphatic carbocycles. The van der Waals surface area contributed by atoms with E-state index in [1.54, 1.807) is 0 Å². The van der Waals surface area contributed by atoms with Crippen molar-refractivity contribution in [3.8, 4) is 0 Å². The van der Waals surface area contributed by atoms with Gasteiger partial charge in [0.15, 0.2) is 0 Å². The lowest BCUT2D eigenvalue weighted by molar-refractivity contribution is -0.153. The molecule has 3 rings (SSSR count). The van der Waals surface area contributed by atoms with Gasteiger partial charge in [0.1, 0.15) is 6.10 Å². The summed E-state index contributed by atoms with van der Waals surface area (Å²) in [5, 5.41) is 13.3. The molecule has 0 saturated carbocycles. The average molecular weight is 720 g/mol. The van der Waals surface area contributed by atoms with E-state index in [9.17, 15) is 19.4 Å². The van der Waals surface area contributed by atoms with E-state index in [0.717, 1.165) is 55.2 Å². The zero-order valence-electron chi connectivity index (χ0n) is 30.2. The van der Waals surface area contributed by atoms with Crippen LogP contribution in [-0.4, -0.2) is 48.4 Å². The van der Waals surface area contributed by atoms with Gasteiger partial charge in [0, 0.05) is 13.0 Å². The maximum Gasteiger partial charge on any atom is 0.472 e. The quantitative estimate of drug-likeness (QED) is 0.0235. The number of rotatable bonds is 27. The number of hydrogen-bond acceptors (Lipinski definition) is 7. The van der Waals surface area contributed by atoms with Gasteiger partial charge in [-0.2, -0.15) is 0 Å². The molecule has 0 amide bonds. The SMILES string of the molecule is CCCCCC=CCC=CCCCCCCCC(=O)O[C@@H](CO)COP(=O)(O)OCCNC(c1ccccc1)(c1ccccc1)c1ccccc1. The Morgan fingerprint density at radius 2 is 1.25 bits per heavy atom. The molecule has 9 heteroatoms. The summed E-state index contributed by atoms with van der Waals surface area (Å²) in [5.41, 5.74) is 2.24. The Hall–Kier alpha value is -3.36. The normalized spacial score (nSPS) is 13.8. The lowest BCUT2D eigenvalue weighted by atomic mass is 9.77.